The molecule has 0 radical (unpaired) electrons. The van der Waals surface area contributed by atoms with Crippen LogP contribution < -0.4 is 0 Å². The molecule has 0 saturated carbocycles. The van der Waals surface area contributed by atoms with Crippen LogP contribution in [0.4, 0.5) is 0 Å². The second-order valence-electron chi connectivity index (χ2n) is 6.02. The molecule has 136 valence electrons. The van der Waals surface area contributed by atoms with E-state index in [4.69, 9.17) is 4.74 Å². The first-order valence-corrected chi connectivity index (χ1v) is 11.6. The Morgan fingerprint density at radius 1 is 0.958 bits per heavy atom. The molecule has 0 heterocycles. The van der Waals surface area contributed by atoms with Gasteiger partial charge in [-0.3, -0.25) is 4.74 Å². The van der Waals surface area contributed by atoms with Gasteiger partial charge in [-0.2, -0.15) is 0 Å². The quantitative estimate of drug-likeness (QED) is 0.242. The summed E-state index contributed by atoms with van der Waals surface area (Å²) in [5, 5.41) is 0. The smallest absolute Gasteiger partial charge is 0.0425 e. The largest absolute Gasteiger partial charge is 0.272 e. The van der Waals surface area contributed by atoms with E-state index >= 15 is 0 Å². The number of nitrogens with zero attached hydrogens (tertiary/aromatic N) is 1. The third-order valence-electron chi connectivity index (χ3n) is 4.50. The molecule has 0 aromatic carbocycles. The molecule has 0 bridgehead atoms. The molecule has 0 unspecified atom stereocenters. The summed E-state index contributed by atoms with van der Waals surface area (Å²) >= 11 is 0. The van der Waals surface area contributed by atoms with Crippen molar-refractivity contribution in [3.8, 4) is 0 Å². The molecular weight excluding hydrogens is 345 g/mol. The standard InChI is InChI=1S/C11H20NP.C10H18.Ti/c1-4-13(5-2,6-3)12-11-9-7-8-10-11;1-5-7-9(3)10(4)8-6-2;/h7-9H,4-6,10H2,1-3H3;7-8H,5-6H2,1-4H3;. The predicted octanol–water partition coefficient (Wildman–Crippen LogP) is 7.79. The van der Waals surface area contributed by atoms with Crippen molar-refractivity contribution in [2.24, 2.45) is 4.74 Å². The van der Waals surface area contributed by atoms with Gasteiger partial charge in [0.25, 0.3) is 0 Å². The van der Waals surface area contributed by atoms with Crippen molar-refractivity contribution in [3.63, 3.8) is 0 Å². The van der Waals surface area contributed by atoms with Crippen molar-refractivity contribution in [2.75, 3.05) is 18.5 Å². The van der Waals surface area contributed by atoms with Crippen LogP contribution in [0.2, 0.25) is 0 Å². The van der Waals surface area contributed by atoms with Gasteiger partial charge >= 0.3 is 0 Å². The Morgan fingerprint density at radius 2 is 1.42 bits per heavy atom. The molecule has 3 heteroatoms. The van der Waals surface area contributed by atoms with Crippen LogP contribution in [0.3, 0.4) is 0 Å². The van der Waals surface area contributed by atoms with E-state index in [9.17, 15) is 0 Å². The minimum Gasteiger partial charge on any atom is -0.272 e. The molecule has 24 heavy (non-hydrogen) atoms. The van der Waals surface area contributed by atoms with E-state index in [0.717, 1.165) is 19.3 Å². The zero-order chi connectivity index (χ0) is 17.7. The van der Waals surface area contributed by atoms with Crippen LogP contribution in [-0.4, -0.2) is 18.5 Å². The van der Waals surface area contributed by atoms with Crippen LogP contribution in [0.25, 0.3) is 0 Å². The zero-order valence-corrected chi connectivity index (χ0v) is 19.5. The van der Waals surface area contributed by atoms with Crippen LogP contribution in [0.5, 0.6) is 0 Å². The van der Waals surface area contributed by atoms with Crippen LogP contribution in [0.1, 0.15) is 67.7 Å². The maximum absolute atomic E-state index is 4.97. The summed E-state index contributed by atoms with van der Waals surface area (Å²) in [4.78, 5) is 0. The van der Waals surface area contributed by atoms with E-state index in [1.807, 2.05) is 0 Å². The third-order valence-corrected chi connectivity index (χ3v) is 8.71. The first kappa shape index (κ1) is 26.1. The second-order valence-corrected chi connectivity index (χ2v) is 10.3. The fourth-order valence-corrected chi connectivity index (χ4v) is 5.06. The summed E-state index contributed by atoms with van der Waals surface area (Å²) in [5.41, 5.74) is 4.15. The monoisotopic (exact) mass is 383 g/mol. The molecule has 0 aliphatic heterocycles. The van der Waals surface area contributed by atoms with Gasteiger partial charge in [-0.25, -0.2) is 0 Å². The van der Waals surface area contributed by atoms with Gasteiger partial charge in [0.1, 0.15) is 0 Å². The van der Waals surface area contributed by atoms with Crippen LogP contribution in [0.15, 0.2) is 52.0 Å². The molecule has 0 aromatic rings. The number of hydrogen-bond acceptors (Lipinski definition) is 1. The van der Waals surface area contributed by atoms with Gasteiger partial charge in [-0.15, -0.1) is 0 Å². The Morgan fingerprint density at radius 3 is 1.71 bits per heavy atom. The molecule has 0 aromatic heterocycles. The van der Waals surface area contributed by atoms with Gasteiger partial charge in [0.2, 0.25) is 0 Å². The van der Waals surface area contributed by atoms with Crippen molar-refractivity contribution in [2.45, 2.75) is 67.7 Å². The molecular formula is C21H38NPTi. The summed E-state index contributed by atoms with van der Waals surface area (Å²) in [5.74, 6) is 0. The zero-order valence-electron chi connectivity index (χ0n) is 17.0. The minimum atomic E-state index is -0.971. The van der Waals surface area contributed by atoms with Gasteiger partial charge in [0.15, 0.2) is 0 Å². The maximum atomic E-state index is 4.97. The van der Waals surface area contributed by atoms with Gasteiger partial charge in [-0.05, 0) is 58.3 Å². The number of hydrogen-bond donors (Lipinski definition) is 0. The molecule has 0 spiro atoms. The Bertz CT molecular complexity index is 473. The van der Waals surface area contributed by atoms with Crippen molar-refractivity contribution >= 4 is 7.05 Å². The van der Waals surface area contributed by atoms with Crippen LogP contribution in [0, 0.1) is 0 Å². The number of allylic oxidation sites excluding steroid dienone is 7. The first-order chi connectivity index (χ1) is 11.0. The summed E-state index contributed by atoms with van der Waals surface area (Å²) in [6.45, 7) is 15.5. The van der Waals surface area contributed by atoms with Gasteiger partial charge in [0, 0.05) is 33.8 Å². The maximum Gasteiger partial charge on any atom is 0.0425 e. The summed E-state index contributed by atoms with van der Waals surface area (Å²) in [7, 11) is -0.971. The predicted molar refractivity (Wildman–Crippen MR) is 111 cm³/mol. The Kier molecular flexibility index (Phi) is 16.5. The molecule has 0 atom stereocenters. The van der Waals surface area contributed by atoms with E-state index in [1.54, 1.807) is 0 Å². The third kappa shape index (κ3) is 10.0. The van der Waals surface area contributed by atoms with Gasteiger partial charge in [-0.1, -0.05) is 70.1 Å². The molecule has 1 aliphatic rings. The van der Waals surface area contributed by atoms with E-state index in [-0.39, 0.29) is 21.7 Å². The fraction of sp³-hybridized carbons (Fsp3) is 0.619. The fourth-order valence-electron chi connectivity index (χ4n) is 2.60. The Labute approximate surface area is 166 Å². The molecule has 1 nitrogen and oxygen atoms in total. The average molecular weight is 383 g/mol. The van der Waals surface area contributed by atoms with Crippen molar-refractivity contribution < 1.29 is 21.7 Å². The summed E-state index contributed by atoms with van der Waals surface area (Å²) in [6, 6.07) is 0. The Hall–Kier alpha value is -0.0957. The second kappa shape index (κ2) is 15.2. The molecule has 0 amide bonds. The van der Waals surface area contributed by atoms with Crippen molar-refractivity contribution in [1.82, 2.24) is 0 Å². The molecule has 1 rings (SSSR count). The number of rotatable bonds is 7. The normalized spacial score (nSPS) is 14.5. The Balaban J connectivity index is 0. The first-order valence-electron chi connectivity index (χ1n) is 9.27. The van der Waals surface area contributed by atoms with Crippen LogP contribution in [-0.2, 0) is 21.7 Å². The SMILES string of the molecule is CCC=C(C)C(C)=CCC.CCP(CC)(CC)=NC1=CC=CC1.[Ti]. The average Bonchev–Trinajstić information content (AvgIpc) is 3.06. The van der Waals surface area contributed by atoms with E-state index in [2.05, 4.69) is 78.8 Å². The minimum absolute atomic E-state index is 0. The van der Waals surface area contributed by atoms with E-state index in [0.29, 0.717) is 0 Å². The van der Waals surface area contributed by atoms with Crippen molar-refractivity contribution in [3.05, 3.63) is 47.2 Å². The topological polar surface area (TPSA) is 12.4 Å². The molecule has 1 aliphatic carbocycles. The van der Waals surface area contributed by atoms with E-state index in [1.165, 1.54) is 35.3 Å². The molecule has 0 fully saturated rings. The summed E-state index contributed by atoms with van der Waals surface area (Å²) < 4.78 is 4.97. The molecule has 0 saturated heterocycles. The van der Waals surface area contributed by atoms with Crippen LogP contribution >= 0.6 is 7.05 Å². The molecule has 0 N–H and O–H groups in total. The van der Waals surface area contributed by atoms with Gasteiger partial charge in [0.05, 0.1) is 0 Å². The van der Waals surface area contributed by atoms with E-state index < -0.39 is 7.05 Å². The summed E-state index contributed by atoms with van der Waals surface area (Å²) in [6.07, 6.45) is 18.1. The van der Waals surface area contributed by atoms with Crippen molar-refractivity contribution in [1.29, 1.82) is 0 Å². The van der Waals surface area contributed by atoms with Gasteiger partial charge < -0.3 is 0 Å².